The number of benzene rings is 11. The average Bonchev–Trinajstić information content (AvgIpc) is 3.51. The molecule has 4 heteroatoms. The molecule has 0 aliphatic carbocycles. The molecule has 0 bridgehead atoms. The summed E-state index contributed by atoms with van der Waals surface area (Å²) in [5.41, 5.74) is 0. The number of hydrogen-bond donors (Lipinski definition) is 4. The van der Waals surface area contributed by atoms with Crippen molar-refractivity contribution in [2.75, 3.05) is 28.4 Å². The van der Waals surface area contributed by atoms with Gasteiger partial charge in [0.1, 0.15) is 0 Å². The van der Waals surface area contributed by atoms with Crippen molar-refractivity contribution in [3.8, 4) is 0 Å². The van der Waals surface area contributed by atoms with Gasteiger partial charge in [-0.2, -0.15) is 0 Å². The SMILES string of the molecule is CC(C)C.CC(C)C.CCC.CCC.CO.CO.CO.CO.c1ccc2cc3ccccc3cc2c1.c1ccc2cc3ccccc3cc2c1.c1ccc2ccccc2c1.c1ccccc1.c1ccccc1.c1ccccc1. The second-order valence-corrected chi connectivity index (χ2v) is 17.8. The van der Waals surface area contributed by atoms with Crippen LogP contribution in [-0.2, 0) is 0 Å². The van der Waals surface area contributed by atoms with Crippen LogP contribution in [0, 0.1) is 11.8 Å². The smallest absolute Gasteiger partial charge is 0.0319 e. The van der Waals surface area contributed by atoms with Gasteiger partial charge >= 0.3 is 0 Å². The summed E-state index contributed by atoms with van der Waals surface area (Å²) in [5.74, 6) is 1.67. The van der Waals surface area contributed by atoms with Crippen LogP contribution < -0.4 is 0 Å². The highest BCUT2D eigenvalue weighted by atomic mass is 16.2. The van der Waals surface area contributed by atoms with Gasteiger partial charge in [-0.05, 0) is 90.0 Å². The quantitative estimate of drug-likeness (QED) is 0.114. The molecule has 0 heterocycles. The first-order valence-corrected chi connectivity index (χ1v) is 27.1. The van der Waals surface area contributed by atoms with Crippen LogP contribution in [-0.4, -0.2) is 48.9 Å². The normalized spacial score (nSPS) is 8.72. The molecule has 0 aliphatic heterocycles. The van der Waals surface area contributed by atoms with Gasteiger partial charge in [-0.3, -0.25) is 0 Å². The standard InChI is InChI=1S/2C14H10.C10H8.3C6H6.2C4H10.2C3H8.4CH4O/c2*1-2-6-12-10-14-8-4-3-7-13(14)9-11(12)5-1;1-2-6-10-8-4-3-7-9(10)5-1;3*1-2-4-6-5-3-1;2*1-4(2)3;2*1-3-2;4*1-2/h2*1-10H;1-8H;3*1-6H;2*4H,1-3H3;2*3H2,1-2H3;4*2H,1H3. The molecule has 0 saturated heterocycles. The van der Waals surface area contributed by atoms with Crippen molar-refractivity contribution < 1.29 is 20.4 Å². The Hall–Kier alpha value is -7.44. The van der Waals surface area contributed by atoms with E-state index >= 15 is 0 Å². The van der Waals surface area contributed by atoms with E-state index in [-0.39, 0.29) is 0 Å². The molecule has 0 saturated carbocycles. The van der Waals surface area contributed by atoms with Crippen LogP contribution in [0.15, 0.2) is 279 Å². The minimum atomic E-state index is 0.833. The Kier molecular flexibility index (Phi) is 53.5. The maximum Gasteiger partial charge on any atom is 0.0319 e. The lowest BCUT2D eigenvalue weighted by atomic mass is 10.0. The first kappa shape index (κ1) is 74.8. The van der Waals surface area contributed by atoms with Gasteiger partial charge in [-0.25, -0.2) is 0 Å². The number of fused-ring (bicyclic) bond motifs is 5. The van der Waals surface area contributed by atoms with Crippen molar-refractivity contribution in [2.24, 2.45) is 11.8 Å². The van der Waals surface area contributed by atoms with Gasteiger partial charge in [0.25, 0.3) is 0 Å². The summed E-state index contributed by atoms with van der Waals surface area (Å²) in [4.78, 5) is 0. The van der Waals surface area contributed by atoms with Gasteiger partial charge in [0, 0.05) is 28.4 Å². The maximum absolute atomic E-state index is 7.00. The Morgan fingerprint density at radius 1 is 0.192 bits per heavy atom. The Labute approximate surface area is 473 Å². The van der Waals surface area contributed by atoms with Gasteiger partial charge in [-0.1, -0.05) is 337 Å². The molecule has 0 spiro atoms. The van der Waals surface area contributed by atoms with E-state index in [2.05, 4.69) is 239 Å². The maximum atomic E-state index is 7.00. The lowest BCUT2D eigenvalue weighted by molar-refractivity contribution is 0.399. The Morgan fingerprint density at radius 2 is 0.269 bits per heavy atom. The van der Waals surface area contributed by atoms with E-state index in [1.807, 2.05) is 109 Å². The third kappa shape index (κ3) is 39.9. The first-order valence-electron chi connectivity index (χ1n) is 27.1. The molecule has 11 aromatic rings. The van der Waals surface area contributed by atoms with E-state index in [4.69, 9.17) is 20.4 Å². The van der Waals surface area contributed by atoms with Crippen molar-refractivity contribution in [3.05, 3.63) is 279 Å². The number of rotatable bonds is 0. The first-order chi connectivity index (χ1) is 38.1. The van der Waals surface area contributed by atoms with Crippen molar-refractivity contribution in [2.45, 2.75) is 82.1 Å². The van der Waals surface area contributed by atoms with E-state index in [1.165, 1.54) is 66.7 Å². The molecule has 4 N–H and O–H groups in total. The van der Waals surface area contributed by atoms with Gasteiger partial charge in [0.05, 0.1) is 0 Å². The predicted octanol–water partition coefficient (Wildman–Crippen LogP) is 20.5. The van der Waals surface area contributed by atoms with E-state index in [0.29, 0.717) is 0 Å². The highest BCUT2D eigenvalue weighted by Crippen LogP contribution is 2.23. The third-order valence-corrected chi connectivity index (χ3v) is 8.89. The molecule has 11 aromatic carbocycles. The molecule has 0 unspecified atom stereocenters. The molecule has 78 heavy (non-hydrogen) atoms. The molecular formula is C74H98O4. The van der Waals surface area contributed by atoms with Gasteiger partial charge in [0.15, 0.2) is 0 Å². The number of hydrogen-bond acceptors (Lipinski definition) is 4. The van der Waals surface area contributed by atoms with Crippen LogP contribution in [0.3, 0.4) is 0 Å². The summed E-state index contributed by atoms with van der Waals surface area (Å²) in [5, 5.41) is 41.1. The lowest BCUT2D eigenvalue weighted by Gasteiger charge is -2.00. The fourth-order valence-corrected chi connectivity index (χ4v) is 6.05. The molecule has 11 rings (SSSR count). The summed E-state index contributed by atoms with van der Waals surface area (Å²) in [6.07, 6.45) is 2.50. The Bertz CT molecular complexity index is 2350. The van der Waals surface area contributed by atoms with Gasteiger partial charge in [-0.15, -0.1) is 0 Å². The van der Waals surface area contributed by atoms with E-state index < -0.39 is 0 Å². The summed E-state index contributed by atoms with van der Waals surface area (Å²) in [6, 6.07) is 95.6. The molecule has 0 aliphatic rings. The molecule has 0 aromatic heterocycles. The third-order valence-electron chi connectivity index (χ3n) is 8.89. The largest absolute Gasteiger partial charge is 0.400 e. The zero-order valence-corrected chi connectivity index (χ0v) is 49.9. The molecule has 4 nitrogen and oxygen atoms in total. The zero-order chi connectivity index (χ0) is 58.9. The topological polar surface area (TPSA) is 80.9 Å². The minimum absolute atomic E-state index is 0.833. The van der Waals surface area contributed by atoms with E-state index in [0.717, 1.165) is 40.3 Å². The fraction of sp³-hybridized carbons (Fsp3) is 0.243. The van der Waals surface area contributed by atoms with Crippen molar-refractivity contribution in [1.82, 2.24) is 0 Å². The van der Waals surface area contributed by atoms with Crippen LogP contribution in [0.25, 0.3) is 53.9 Å². The van der Waals surface area contributed by atoms with Crippen LogP contribution in [0.4, 0.5) is 0 Å². The zero-order valence-electron chi connectivity index (χ0n) is 49.9. The second-order valence-electron chi connectivity index (χ2n) is 17.8. The average molecular weight is 1050 g/mol. The van der Waals surface area contributed by atoms with Crippen molar-refractivity contribution >= 4 is 53.9 Å². The van der Waals surface area contributed by atoms with Crippen LogP contribution in [0.2, 0.25) is 0 Å². The lowest BCUT2D eigenvalue weighted by Crippen LogP contribution is -1.74. The summed E-state index contributed by atoms with van der Waals surface area (Å²) < 4.78 is 0. The van der Waals surface area contributed by atoms with Crippen LogP contribution in [0.5, 0.6) is 0 Å². The van der Waals surface area contributed by atoms with Crippen molar-refractivity contribution in [3.63, 3.8) is 0 Å². The molecule has 0 amide bonds. The molecule has 0 fully saturated rings. The highest BCUT2D eigenvalue weighted by Gasteiger charge is 1.96. The number of aliphatic hydroxyl groups excluding tert-OH is 4. The number of aliphatic hydroxyl groups is 4. The highest BCUT2D eigenvalue weighted by molar-refractivity contribution is 5.99. The molecule has 0 radical (unpaired) electrons. The fourth-order valence-electron chi connectivity index (χ4n) is 6.05. The Morgan fingerprint density at radius 3 is 0.359 bits per heavy atom. The predicted molar refractivity (Wildman–Crippen MR) is 352 cm³/mol. The van der Waals surface area contributed by atoms with Crippen LogP contribution >= 0.6 is 0 Å². The minimum Gasteiger partial charge on any atom is -0.400 e. The van der Waals surface area contributed by atoms with Crippen LogP contribution in [0.1, 0.15) is 82.1 Å². The van der Waals surface area contributed by atoms with E-state index in [9.17, 15) is 0 Å². The monoisotopic (exact) mass is 1050 g/mol. The summed E-state index contributed by atoms with van der Waals surface area (Å²) in [7, 11) is 4.00. The molecule has 0 atom stereocenters. The van der Waals surface area contributed by atoms with E-state index in [1.54, 1.807) is 0 Å². The molecule has 418 valence electrons. The van der Waals surface area contributed by atoms with Crippen molar-refractivity contribution in [1.29, 1.82) is 0 Å². The van der Waals surface area contributed by atoms with Gasteiger partial charge in [0.2, 0.25) is 0 Å². The van der Waals surface area contributed by atoms with Gasteiger partial charge < -0.3 is 20.4 Å². The molecular weight excluding hydrogens is 953 g/mol. The Balaban J connectivity index is -0.000000824. The summed E-state index contributed by atoms with van der Waals surface area (Å²) in [6.45, 7) is 21.5. The summed E-state index contributed by atoms with van der Waals surface area (Å²) >= 11 is 0. The second kappa shape index (κ2) is 55.8.